The lowest BCUT2D eigenvalue weighted by molar-refractivity contribution is 0.194. The van der Waals surface area contributed by atoms with Crippen molar-refractivity contribution < 1.29 is 0 Å². The van der Waals surface area contributed by atoms with Gasteiger partial charge in [-0.1, -0.05) is 0 Å². The molecule has 2 rings (SSSR count). The molecule has 90 valence electrons. The van der Waals surface area contributed by atoms with Gasteiger partial charge in [0.05, 0.1) is 0 Å². The van der Waals surface area contributed by atoms with E-state index in [1.807, 2.05) is 11.3 Å². The first-order valence-corrected chi connectivity index (χ1v) is 6.96. The van der Waals surface area contributed by atoms with Gasteiger partial charge in [-0.3, -0.25) is 4.90 Å². The molecule has 1 fully saturated rings. The van der Waals surface area contributed by atoms with Crippen LogP contribution in [0.2, 0.25) is 0 Å². The van der Waals surface area contributed by atoms with Crippen LogP contribution in [0.25, 0.3) is 0 Å². The van der Waals surface area contributed by atoms with Gasteiger partial charge in [0.25, 0.3) is 0 Å². The Labute approximate surface area is 103 Å². The Morgan fingerprint density at radius 1 is 1.38 bits per heavy atom. The SMILES string of the molecule is CNC1CCN(Cc2cc(C)sc2C)CC1. The molecule has 0 unspecified atom stereocenters. The molecule has 0 aliphatic carbocycles. The Bertz CT molecular complexity index is 338. The summed E-state index contributed by atoms with van der Waals surface area (Å²) >= 11 is 1.92. The fraction of sp³-hybridized carbons (Fsp3) is 0.692. The van der Waals surface area contributed by atoms with Gasteiger partial charge in [-0.05, 0) is 58.5 Å². The second-order valence-corrected chi connectivity index (χ2v) is 6.24. The molecule has 0 aromatic carbocycles. The molecule has 1 saturated heterocycles. The largest absolute Gasteiger partial charge is 0.317 e. The zero-order chi connectivity index (χ0) is 11.5. The Kier molecular flexibility index (Phi) is 4.00. The highest BCUT2D eigenvalue weighted by Crippen LogP contribution is 2.23. The van der Waals surface area contributed by atoms with E-state index in [4.69, 9.17) is 0 Å². The molecule has 16 heavy (non-hydrogen) atoms. The lowest BCUT2D eigenvalue weighted by Gasteiger charge is -2.31. The van der Waals surface area contributed by atoms with Gasteiger partial charge in [0.2, 0.25) is 0 Å². The van der Waals surface area contributed by atoms with E-state index in [0.717, 1.165) is 12.6 Å². The minimum Gasteiger partial charge on any atom is -0.317 e. The zero-order valence-electron chi connectivity index (χ0n) is 10.5. The molecule has 2 nitrogen and oxygen atoms in total. The van der Waals surface area contributed by atoms with Crippen LogP contribution >= 0.6 is 11.3 Å². The van der Waals surface area contributed by atoms with Gasteiger partial charge < -0.3 is 5.32 Å². The number of hydrogen-bond acceptors (Lipinski definition) is 3. The van der Waals surface area contributed by atoms with E-state index >= 15 is 0 Å². The molecule has 0 radical (unpaired) electrons. The smallest absolute Gasteiger partial charge is 0.0244 e. The summed E-state index contributed by atoms with van der Waals surface area (Å²) in [4.78, 5) is 5.52. The Hall–Kier alpha value is -0.380. The second kappa shape index (κ2) is 5.30. The van der Waals surface area contributed by atoms with Gasteiger partial charge in [-0.15, -0.1) is 11.3 Å². The van der Waals surface area contributed by atoms with Crippen molar-refractivity contribution >= 4 is 11.3 Å². The van der Waals surface area contributed by atoms with E-state index < -0.39 is 0 Å². The third kappa shape index (κ3) is 2.84. The minimum atomic E-state index is 0.738. The highest BCUT2D eigenvalue weighted by Gasteiger charge is 2.18. The Morgan fingerprint density at radius 2 is 2.06 bits per heavy atom. The fourth-order valence-corrected chi connectivity index (χ4v) is 3.40. The molecule has 0 saturated carbocycles. The highest BCUT2D eigenvalue weighted by atomic mass is 32.1. The summed E-state index contributed by atoms with van der Waals surface area (Å²) < 4.78 is 0. The summed E-state index contributed by atoms with van der Waals surface area (Å²) in [6, 6.07) is 3.09. The Balaban J connectivity index is 1.89. The Morgan fingerprint density at radius 3 is 2.56 bits per heavy atom. The predicted molar refractivity (Wildman–Crippen MR) is 71.2 cm³/mol. The van der Waals surface area contributed by atoms with E-state index in [2.05, 4.69) is 37.2 Å². The summed E-state index contributed by atoms with van der Waals surface area (Å²) in [6.07, 6.45) is 2.58. The van der Waals surface area contributed by atoms with Crippen LogP contribution < -0.4 is 5.32 Å². The third-order valence-electron chi connectivity index (χ3n) is 3.53. The van der Waals surface area contributed by atoms with Crippen molar-refractivity contribution in [1.82, 2.24) is 10.2 Å². The molecule has 1 aliphatic rings. The molecule has 1 aromatic heterocycles. The quantitative estimate of drug-likeness (QED) is 0.870. The molecule has 1 N–H and O–H groups in total. The zero-order valence-corrected chi connectivity index (χ0v) is 11.4. The molecule has 1 aromatic rings. The van der Waals surface area contributed by atoms with Crippen LogP contribution in [0, 0.1) is 13.8 Å². The molecule has 0 amide bonds. The van der Waals surface area contributed by atoms with Gasteiger partial charge in [-0.2, -0.15) is 0 Å². The van der Waals surface area contributed by atoms with Crippen LogP contribution in [-0.4, -0.2) is 31.1 Å². The van der Waals surface area contributed by atoms with Gasteiger partial charge in [0.15, 0.2) is 0 Å². The number of rotatable bonds is 3. The first-order chi connectivity index (χ1) is 7.69. The lowest BCUT2D eigenvalue weighted by atomic mass is 10.0. The molecular weight excluding hydrogens is 216 g/mol. The van der Waals surface area contributed by atoms with Crippen molar-refractivity contribution in [3.8, 4) is 0 Å². The number of piperidine rings is 1. The maximum absolute atomic E-state index is 3.38. The maximum Gasteiger partial charge on any atom is 0.0244 e. The van der Waals surface area contributed by atoms with Crippen molar-refractivity contribution in [3.05, 3.63) is 21.4 Å². The highest BCUT2D eigenvalue weighted by molar-refractivity contribution is 7.12. The summed E-state index contributed by atoms with van der Waals surface area (Å²) in [7, 11) is 2.08. The van der Waals surface area contributed by atoms with E-state index in [9.17, 15) is 0 Å². The number of nitrogens with one attached hydrogen (secondary N) is 1. The third-order valence-corrected chi connectivity index (χ3v) is 4.54. The number of thiophene rings is 1. The number of hydrogen-bond donors (Lipinski definition) is 1. The average molecular weight is 238 g/mol. The molecule has 0 bridgehead atoms. The van der Waals surface area contributed by atoms with Crippen molar-refractivity contribution in [1.29, 1.82) is 0 Å². The predicted octanol–water partition coefficient (Wildman–Crippen LogP) is 2.55. The van der Waals surface area contributed by atoms with Crippen LogP contribution in [0.1, 0.15) is 28.2 Å². The molecule has 3 heteroatoms. The molecule has 0 spiro atoms. The summed E-state index contributed by atoms with van der Waals surface area (Å²) in [5.41, 5.74) is 1.53. The maximum atomic E-state index is 3.38. The van der Waals surface area contributed by atoms with E-state index in [1.54, 1.807) is 0 Å². The normalized spacial score (nSPS) is 19.2. The molecular formula is C13H22N2S. The van der Waals surface area contributed by atoms with Gasteiger partial charge in [0.1, 0.15) is 0 Å². The van der Waals surface area contributed by atoms with Crippen LogP contribution in [0.3, 0.4) is 0 Å². The summed E-state index contributed by atoms with van der Waals surface area (Å²) in [6.45, 7) is 8.06. The van der Waals surface area contributed by atoms with Gasteiger partial charge in [0, 0.05) is 22.3 Å². The van der Waals surface area contributed by atoms with Crippen LogP contribution in [0.15, 0.2) is 6.07 Å². The summed E-state index contributed by atoms with van der Waals surface area (Å²) in [5, 5.41) is 3.38. The van der Waals surface area contributed by atoms with Crippen molar-refractivity contribution in [2.24, 2.45) is 0 Å². The van der Waals surface area contributed by atoms with E-state index in [-0.39, 0.29) is 0 Å². The first-order valence-electron chi connectivity index (χ1n) is 6.14. The minimum absolute atomic E-state index is 0.738. The topological polar surface area (TPSA) is 15.3 Å². The monoisotopic (exact) mass is 238 g/mol. The average Bonchev–Trinajstić information content (AvgIpc) is 2.59. The van der Waals surface area contributed by atoms with Gasteiger partial charge in [-0.25, -0.2) is 0 Å². The fourth-order valence-electron chi connectivity index (χ4n) is 2.46. The van der Waals surface area contributed by atoms with Gasteiger partial charge >= 0.3 is 0 Å². The van der Waals surface area contributed by atoms with Crippen molar-refractivity contribution in [2.75, 3.05) is 20.1 Å². The van der Waals surface area contributed by atoms with E-state index in [1.165, 1.54) is 41.2 Å². The van der Waals surface area contributed by atoms with Crippen LogP contribution in [-0.2, 0) is 6.54 Å². The molecule has 2 heterocycles. The number of aryl methyl sites for hydroxylation is 2. The number of nitrogens with zero attached hydrogens (tertiary/aromatic N) is 1. The van der Waals surface area contributed by atoms with E-state index in [0.29, 0.717) is 0 Å². The number of likely N-dealkylation sites (tertiary alicyclic amines) is 1. The van der Waals surface area contributed by atoms with Crippen LogP contribution in [0.4, 0.5) is 0 Å². The van der Waals surface area contributed by atoms with Crippen molar-refractivity contribution in [3.63, 3.8) is 0 Å². The first kappa shape index (κ1) is 12.1. The second-order valence-electron chi connectivity index (χ2n) is 4.78. The van der Waals surface area contributed by atoms with Crippen molar-refractivity contribution in [2.45, 2.75) is 39.3 Å². The summed E-state index contributed by atoms with van der Waals surface area (Å²) in [5.74, 6) is 0. The molecule has 1 aliphatic heterocycles. The molecule has 0 atom stereocenters. The standard InChI is InChI=1S/C13H22N2S/c1-10-8-12(11(2)16-10)9-15-6-4-13(14-3)5-7-15/h8,13-14H,4-7,9H2,1-3H3. The van der Waals surface area contributed by atoms with Crippen LogP contribution in [0.5, 0.6) is 0 Å². The lowest BCUT2D eigenvalue weighted by Crippen LogP contribution is -2.40.